The number of hydrogen-bond acceptors (Lipinski definition) is 1. The Morgan fingerprint density at radius 2 is 1.71 bits per heavy atom. The number of carbonyl (C=O) groups is 1. The fraction of sp³-hybridized carbons (Fsp3) is 0.632. The molecule has 1 saturated carbocycles. The summed E-state index contributed by atoms with van der Waals surface area (Å²) in [5.74, 6) is 1.66. The first-order valence-corrected chi connectivity index (χ1v) is 8.13. The molecule has 0 spiro atoms. The molecule has 2 rings (SSSR count). The smallest absolute Gasteiger partial charge is 0.303 e. The van der Waals surface area contributed by atoms with Gasteiger partial charge in [-0.3, -0.25) is 0 Å². The van der Waals surface area contributed by atoms with Crippen LogP contribution in [-0.2, 0) is 37.5 Å². The Bertz CT molecular complexity index is 413. The van der Waals surface area contributed by atoms with Crippen LogP contribution in [0.2, 0.25) is 0 Å². The van der Waals surface area contributed by atoms with E-state index in [-0.39, 0.29) is 32.7 Å². The number of aryl methyl sites for hydroxylation is 2. The van der Waals surface area contributed by atoms with E-state index in [2.05, 4.69) is 32.0 Å². The van der Waals surface area contributed by atoms with E-state index >= 15 is 0 Å². The van der Waals surface area contributed by atoms with Gasteiger partial charge in [0.25, 0.3) is 0 Å². The predicted molar refractivity (Wildman–Crippen MR) is 84.0 cm³/mol. The van der Waals surface area contributed by atoms with Crippen LogP contribution in [0.5, 0.6) is 0 Å². The van der Waals surface area contributed by atoms with Gasteiger partial charge in [-0.2, -0.15) is 34.9 Å². The second-order valence-corrected chi connectivity index (χ2v) is 6.45. The molecular weight excluding hydrogens is 333 g/mol. The molecule has 1 aliphatic carbocycles. The van der Waals surface area contributed by atoms with Crippen molar-refractivity contribution in [1.29, 1.82) is 0 Å². The summed E-state index contributed by atoms with van der Waals surface area (Å²) in [6, 6.07) is 8.01. The Balaban J connectivity index is 0.00000220. The molecule has 110 valence electrons. The summed E-state index contributed by atoms with van der Waals surface area (Å²) < 4.78 is 0. The quantitative estimate of drug-likeness (QED) is 0.390. The van der Waals surface area contributed by atoms with Crippen LogP contribution in [0.15, 0.2) is 12.1 Å². The summed E-state index contributed by atoms with van der Waals surface area (Å²) in [6.45, 7) is 4.30. The second kappa shape index (κ2) is 9.90. The number of rotatable bonds is 6. The molecule has 21 heavy (non-hydrogen) atoms. The Kier molecular flexibility index (Phi) is 8.98. The van der Waals surface area contributed by atoms with Crippen LogP contribution < -0.4 is 0 Å². The fourth-order valence-electron chi connectivity index (χ4n) is 3.61. The first-order chi connectivity index (χ1) is 9.69. The van der Waals surface area contributed by atoms with Crippen LogP contribution >= 0.6 is 0 Å². The number of carbonyl (C=O) groups excluding carboxylic acids is 1. The van der Waals surface area contributed by atoms with Gasteiger partial charge in [-0.05, 0) is 43.9 Å². The van der Waals surface area contributed by atoms with Crippen LogP contribution in [0.3, 0.4) is 0 Å². The average molecular weight is 360 g/mol. The summed E-state index contributed by atoms with van der Waals surface area (Å²) in [7, 11) is 0. The molecule has 0 saturated heterocycles. The maximum absolute atomic E-state index is 10.3. The zero-order valence-corrected chi connectivity index (χ0v) is 16.4. The number of unbranched alkanes of at least 4 members (excludes halogenated alkanes) is 2. The van der Waals surface area contributed by atoms with Gasteiger partial charge in [0.05, 0.1) is 0 Å². The van der Waals surface area contributed by atoms with Crippen LogP contribution in [0.25, 0.3) is 0 Å². The number of aldehydes is 1. The Morgan fingerprint density at radius 3 is 2.29 bits per heavy atom. The molecule has 0 unspecified atom stereocenters. The van der Waals surface area contributed by atoms with Gasteiger partial charge in [-0.15, -0.1) is 0 Å². The van der Waals surface area contributed by atoms with Crippen LogP contribution in [-0.4, -0.2) is 6.29 Å². The Hall–Kier alpha value is -0.00610. The molecule has 0 amide bonds. The van der Waals surface area contributed by atoms with Gasteiger partial charge >= 0.3 is 32.7 Å². The molecule has 1 nitrogen and oxygen atoms in total. The minimum absolute atomic E-state index is 0. The minimum atomic E-state index is 0. The van der Waals surface area contributed by atoms with E-state index in [1.54, 1.807) is 0 Å². The number of benzene rings is 1. The maximum atomic E-state index is 10.3. The molecule has 0 radical (unpaired) electrons. The molecule has 0 atom stereocenters. The molecule has 0 bridgehead atoms. The summed E-state index contributed by atoms with van der Waals surface area (Å²) in [5, 5.41) is 0. The molecule has 1 fully saturated rings. The maximum Gasteiger partial charge on any atom is 3.00 e. The van der Waals surface area contributed by atoms with E-state index in [4.69, 9.17) is 0 Å². The van der Waals surface area contributed by atoms with Crippen LogP contribution in [0.1, 0.15) is 74.0 Å². The van der Waals surface area contributed by atoms with Gasteiger partial charge in [0, 0.05) is 6.42 Å². The standard InChI is InChI=1S/C19H27O.Y/c1-15-12-16(2)14-19(13-15)18-9-7-17(8-10-18)6-4-3-5-11-20;/h11,13-14,17-18H,3-10H2,1-2H3;/q-1;+3. The van der Waals surface area contributed by atoms with Crippen molar-refractivity contribution in [1.82, 2.24) is 0 Å². The van der Waals surface area contributed by atoms with E-state index in [0.717, 1.165) is 31.0 Å². The third-order valence-corrected chi connectivity index (χ3v) is 4.66. The Labute approximate surface area is 155 Å². The van der Waals surface area contributed by atoms with Crippen molar-refractivity contribution in [3.05, 3.63) is 34.9 Å². The average Bonchev–Trinajstić information content (AvgIpc) is 2.43. The van der Waals surface area contributed by atoms with E-state index in [1.165, 1.54) is 55.2 Å². The summed E-state index contributed by atoms with van der Waals surface area (Å²) in [4.78, 5) is 10.3. The van der Waals surface area contributed by atoms with Crippen molar-refractivity contribution in [2.45, 2.75) is 71.1 Å². The first-order valence-electron chi connectivity index (χ1n) is 8.13. The van der Waals surface area contributed by atoms with Crippen molar-refractivity contribution in [3.63, 3.8) is 0 Å². The largest absolute Gasteiger partial charge is 3.00 e. The zero-order valence-electron chi connectivity index (χ0n) is 13.5. The van der Waals surface area contributed by atoms with E-state index in [1.807, 2.05) is 0 Å². The van der Waals surface area contributed by atoms with Crippen molar-refractivity contribution in [3.8, 4) is 0 Å². The number of hydrogen-bond donors (Lipinski definition) is 0. The van der Waals surface area contributed by atoms with Crippen molar-refractivity contribution >= 4 is 6.29 Å². The third-order valence-electron chi connectivity index (χ3n) is 4.66. The van der Waals surface area contributed by atoms with Crippen molar-refractivity contribution < 1.29 is 37.5 Å². The van der Waals surface area contributed by atoms with Gasteiger partial charge in [0.15, 0.2) is 0 Å². The Morgan fingerprint density at radius 1 is 1.10 bits per heavy atom. The predicted octanol–water partition coefficient (Wildman–Crippen LogP) is 5.13. The normalized spacial score (nSPS) is 21.6. The summed E-state index contributed by atoms with van der Waals surface area (Å²) in [6.07, 6.45) is 10.8. The third kappa shape index (κ3) is 6.32. The van der Waals surface area contributed by atoms with Gasteiger partial charge in [-0.25, -0.2) is 0 Å². The minimum Gasteiger partial charge on any atom is -0.303 e. The zero-order chi connectivity index (χ0) is 14.4. The second-order valence-electron chi connectivity index (χ2n) is 6.45. The van der Waals surface area contributed by atoms with Gasteiger partial charge < -0.3 is 4.79 Å². The molecule has 1 aliphatic rings. The van der Waals surface area contributed by atoms with Crippen molar-refractivity contribution in [2.75, 3.05) is 0 Å². The molecule has 1 aromatic carbocycles. The molecule has 0 N–H and O–H groups in total. The van der Waals surface area contributed by atoms with Crippen molar-refractivity contribution in [2.24, 2.45) is 5.92 Å². The van der Waals surface area contributed by atoms with Gasteiger partial charge in [0.1, 0.15) is 6.29 Å². The van der Waals surface area contributed by atoms with Gasteiger partial charge in [-0.1, -0.05) is 26.7 Å². The fourth-order valence-corrected chi connectivity index (χ4v) is 3.61. The van der Waals surface area contributed by atoms with E-state index in [9.17, 15) is 4.79 Å². The molecule has 0 heterocycles. The monoisotopic (exact) mass is 360 g/mol. The molecule has 2 heteroatoms. The summed E-state index contributed by atoms with van der Waals surface area (Å²) in [5.41, 5.74) is 4.07. The van der Waals surface area contributed by atoms with E-state index < -0.39 is 0 Å². The topological polar surface area (TPSA) is 17.1 Å². The summed E-state index contributed by atoms with van der Waals surface area (Å²) >= 11 is 0. The molecular formula is C19H27OY+2. The SMILES string of the molecule is Cc1[c-]c(C)cc(C2CCC(CCCCC=O)CC2)c1.[Y+3]. The molecule has 1 aromatic rings. The van der Waals surface area contributed by atoms with E-state index in [0.29, 0.717) is 0 Å². The first kappa shape index (κ1) is 19.0. The molecule has 0 aromatic heterocycles. The molecule has 0 aliphatic heterocycles. The van der Waals surface area contributed by atoms with Crippen LogP contribution in [0.4, 0.5) is 0 Å². The van der Waals surface area contributed by atoms with Crippen LogP contribution in [0, 0.1) is 25.8 Å². The van der Waals surface area contributed by atoms with Gasteiger partial charge in [0.2, 0.25) is 0 Å².